The van der Waals surface area contributed by atoms with E-state index < -0.39 is 0 Å². The molecule has 2 fully saturated rings. The summed E-state index contributed by atoms with van der Waals surface area (Å²) in [6, 6.07) is 8.76. The van der Waals surface area contributed by atoms with Gasteiger partial charge in [0.25, 0.3) is 0 Å². The molecule has 1 heterocycles. The van der Waals surface area contributed by atoms with Crippen LogP contribution in [0.25, 0.3) is 0 Å². The number of hydrogen-bond acceptors (Lipinski definition) is 4. The van der Waals surface area contributed by atoms with E-state index in [2.05, 4.69) is 36.5 Å². The maximum absolute atomic E-state index is 5.96. The van der Waals surface area contributed by atoms with Crippen molar-refractivity contribution in [2.24, 2.45) is 0 Å². The Kier molecular flexibility index (Phi) is 4.86. The molecular formula is C16H23NO2S. The summed E-state index contributed by atoms with van der Waals surface area (Å²) < 4.78 is 11.9. The highest BCUT2D eigenvalue weighted by Crippen LogP contribution is 2.31. The summed E-state index contributed by atoms with van der Waals surface area (Å²) in [5.74, 6) is 3.17. The van der Waals surface area contributed by atoms with Crippen LogP contribution in [0.4, 0.5) is 0 Å². The Morgan fingerprint density at radius 2 is 2.35 bits per heavy atom. The molecule has 2 aliphatic rings. The summed E-state index contributed by atoms with van der Waals surface area (Å²) in [4.78, 5) is 0. The topological polar surface area (TPSA) is 30.5 Å². The molecule has 1 saturated heterocycles. The molecule has 1 aromatic rings. The lowest BCUT2D eigenvalue weighted by atomic mass is 10.0. The van der Waals surface area contributed by atoms with E-state index in [-0.39, 0.29) is 12.1 Å². The Bertz CT molecular complexity index is 430. The summed E-state index contributed by atoms with van der Waals surface area (Å²) >= 11 is 1.98. The number of thioether (sulfide) groups is 1. The molecular weight excluding hydrogens is 270 g/mol. The molecule has 1 saturated carbocycles. The molecule has 1 N–H and O–H groups in total. The van der Waals surface area contributed by atoms with Crippen LogP contribution in [0, 0.1) is 0 Å². The van der Waals surface area contributed by atoms with Crippen LogP contribution in [0.15, 0.2) is 24.3 Å². The largest absolute Gasteiger partial charge is 0.490 e. The Labute approximate surface area is 125 Å². The summed E-state index contributed by atoms with van der Waals surface area (Å²) in [7, 11) is 0. The number of likely N-dealkylation sites (N-methyl/N-ethyl adjacent to an activating group) is 1. The van der Waals surface area contributed by atoms with Crippen LogP contribution in [0.3, 0.4) is 0 Å². The molecule has 2 atom stereocenters. The fraction of sp³-hybridized carbons (Fsp3) is 0.625. The average Bonchev–Trinajstić information content (AvgIpc) is 3.30. The van der Waals surface area contributed by atoms with E-state index in [9.17, 15) is 0 Å². The molecule has 3 nitrogen and oxygen atoms in total. The van der Waals surface area contributed by atoms with Crippen molar-refractivity contribution in [2.45, 2.75) is 38.0 Å². The van der Waals surface area contributed by atoms with Crippen molar-refractivity contribution in [3.05, 3.63) is 29.8 Å². The SMILES string of the molecule is CCNC(c1cccc(OC2CC2)c1)C1CSCCO1. The zero-order chi connectivity index (χ0) is 13.8. The summed E-state index contributed by atoms with van der Waals surface area (Å²) in [5.41, 5.74) is 1.28. The molecule has 1 aliphatic heterocycles. The van der Waals surface area contributed by atoms with Gasteiger partial charge in [-0.15, -0.1) is 0 Å². The first-order chi connectivity index (χ1) is 9.86. The van der Waals surface area contributed by atoms with Gasteiger partial charge in [0.15, 0.2) is 0 Å². The summed E-state index contributed by atoms with van der Waals surface area (Å²) in [5, 5.41) is 3.57. The second-order valence-electron chi connectivity index (χ2n) is 5.41. The van der Waals surface area contributed by atoms with Gasteiger partial charge in [-0.3, -0.25) is 0 Å². The minimum absolute atomic E-state index is 0.255. The maximum atomic E-state index is 5.96. The van der Waals surface area contributed by atoms with E-state index in [0.29, 0.717) is 6.10 Å². The highest BCUT2D eigenvalue weighted by molar-refractivity contribution is 7.99. The van der Waals surface area contributed by atoms with Crippen LogP contribution in [0.1, 0.15) is 31.4 Å². The second kappa shape index (κ2) is 6.83. The minimum Gasteiger partial charge on any atom is -0.490 e. The van der Waals surface area contributed by atoms with Gasteiger partial charge in [-0.25, -0.2) is 0 Å². The third-order valence-electron chi connectivity index (χ3n) is 3.68. The Morgan fingerprint density at radius 1 is 1.45 bits per heavy atom. The van der Waals surface area contributed by atoms with E-state index in [4.69, 9.17) is 9.47 Å². The molecule has 2 unspecified atom stereocenters. The van der Waals surface area contributed by atoms with Crippen LogP contribution >= 0.6 is 11.8 Å². The van der Waals surface area contributed by atoms with Crippen LogP contribution in [-0.4, -0.2) is 36.9 Å². The van der Waals surface area contributed by atoms with Crippen LogP contribution < -0.4 is 10.1 Å². The molecule has 0 radical (unpaired) electrons. The first kappa shape index (κ1) is 14.2. The molecule has 4 heteroatoms. The predicted molar refractivity (Wildman–Crippen MR) is 83.6 cm³/mol. The lowest BCUT2D eigenvalue weighted by Gasteiger charge is -2.31. The molecule has 20 heavy (non-hydrogen) atoms. The zero-order valence-corrected chi connectivity index (χ0v) is 12.8. The number of nitrogens with one attached hydrogen (secondary N) is 1. The first-order valence-corrected chi connectivity index (χ1v) is 8.71. The molecule has 1 aliphatic carbocycles. The van der Waals surface area contributed by atoms with Gasteiger partial charge < -0.3 is 14.8 Å². The number of benzene rings is 1. The van der Waals surface area contributed by atoms with Crippen molar-refractivity contribution < 1.29 is 9.47 Å². The molecule has 0 aromatic heterocycles. The van der Waals surface area contributed by atoms with Crippen LogP contribution in [-0.2, 0) is 4.74 Å². The van der Waals surface area contributed by atoms with E-state index in [1.54, 1.807) is 0 Å². The minimum atomic E-state index is 0.255. The lowest BCUT2D eigenvalue weighted by molar-refractivity contribution is 0.0471. The van der Waals surface area contributed by atoms with E-state index in [0.717, 1.165) is 30.4 Å². The molecule has 0 amide bonds. The van der Waals surface area contributed by atoms with Gasteiger partial charge in [0.2, 0.25) is 0 Å². The van der Waals surface area contributed by atoms with Crippen molar-refractivity contribution >= 4 is 11.8 Å². The Morgan fingerprint density at radius 3 is 3.05 bits per heavy atom. The third-order valence-corrected chi connectivity index (χ3v) is 4.70. The lowest BCUT2D eigenvalue weighted by Crippen LogP contribution is -2.38. The van der Waals surface area contributed by atoms with Crippen molar-refractivity contribution in [3.8, 4) is 5.75 Å². The molecule has 1 aromatic carbocycles. The van der Waals surface area contributed by atoms with Crippen molar-refractivity contribution in [2.75, 3.05) is 24.7 Å². The highest BCUT2D eigenvalue weighted by atomic mass is 32.2. The van der Waals surface area contributed by atoms with Gasteiger partial charge >= 0.3 is 0 Å². The third kappa shape index (κ3) is 3.68. The van der Waals surface area contributed by atoms with Gasteiger partial charge in [-0.2, -0.15) is 11.8 Å². The highest BCUT2D eigenvalue weighted by Gasteiger charge is 2.27. The molecule has 0 bridgehead atoms. The van der Waals surface area contributed by atoms with E-state index in [1.165, 1.54) is 18.4 Å². The zero-order valence-electron chi connectivity index (χ0n) is 12.0. The number of ether oxygens (including phenoxy) is 2. The quantitative estimate of drug-likeness (QED) is 0.873. The van der Waals surface area contributed by atoms with Gasteiger partial charge in [0.1, 0.15) is 5.75 Å². The molecule has 110 valence electrons. The standard InChI is InChI=1S/C16H23NO2S/c1-2-17-16(15-11-20-9-8-18-15)12-4-3-5-14(10-12)19-13-6-7-13/h3-5,10,13,15-17H,2,6-9,11H2,1H3. The first-order valence-electron chi connectivity index (χ1n) is 7.56. The van der Waals surface area contributed by atoms with Crippen molar-refractivity contribution in [1.29, 1.82) is 0 Å². The normalized spacial score (nSPS) is 24.4. The van der Waals surface area contributed by atoms with Crippen molar-refractivity contribution in [3.63, 3.8) is 0 Å². The predicted octanol–water partition coefficient (Wildman–Crippen LogP) is 3.01. The van der Waals surface area contributed by atoms with Gasteiger partial charge in [0.05, 0.1) is 24.9 Å². The molecule has 3 rings (SSSR count). The summed E-state index contributed by atoms with van der Waals surface area (Å²) in [6.45, 7) is 3.95. The van der Waals surface area contributed by atoms with Crippen molar-refractivity contribution in [1.82, 2.24) is 5.32 Å². The molecule has 0 spiro atoms. The summed E-state index contributed by atoms with van der Waals surface area (Å²) in [6.07, 6.45) is 3.10. The number of hydrogen-bond donors (Lipinski definition) is 1. The monoisotopic (exact) mass is 293 g/mol. The van der Waals surface area contributed by atoms with Gasteiger partial charge in [0, 0.05) is 11.5 Å². The van der Waals surface area contributed by atoms with E-state index in [1.807, 2.05) is 11.8 Å². The van der Waals surface area contributed by atoms with Crippen LogP contribution in [0.5, 0.6) is 5.75 Å². The second-order valence-corrected chi connectivity index (χ2v) is 6.56. The maximum Gasteiger partial charge on any atom is 0.120 e. The Balaban J connectivity index is 1.74. The average molecular weight is 293 g/mol. The fourth-order valence-electron chi connectivity index (χ4n) is 2.54. The Hall–Kier alpha value is -0.710. The number of rotatable bonds is 6. The van der Waals surface area contributed by atoms with Gasteiger partial charge in [-0.05, 0) is 37.1 Å². The smallest absolute Gasteiger partial charge is 0.120 e. The van der Waals surface area contributed by atoms with Gasteiger partial charge in [-0.1, -0.05) is 19.1 Å². The van der Waals surface area contributed by atoms with Crippen LogP contribution in [0.2, 0.25) is 0 Å². The fourth-order valence-corrected chi connectivity index (χ4v) is 3.44. The van der Waals surface area contributed by atoms with E-state index >= 15 is 0 Å².